The van der Waals surface area contributed by atoms with E-state index in [1.807, 2.05) is 60.7 Å². The number of hydrogen-bond acceptors (Lipinski definition) is 10. The maximum atomic E-state index is 5.77. The van der Waals surface area contributed by atoms with E-state index in [0.29, 0.717) is 46.9 Å². The van der Waals surface area contributed by atoms with Crippen LogP contribution in [0.25, 0.3) is 22.3 Å². The fourth-order valence-corrected chi connectivity index (χ4v) is 6.00. The van der Waals surface area contributed by atoms with Gasteiger partial charge in [0.05, 0.1) is 12.7 Å². The molecule has 2 fully saturated rings. The van der Waals surface area contributed by atoms with Gasteiger partial charge in [-0.2, -0.15) is 19.9 Å². The zero-order chi connectivity index (χ0) is 31.0. The highest BCUT2D eigenvalue weighted by Gasteiger charge is 2.19. The van der Waals surface area contributed by atoms with E-state index in [9.17, 15) is 0 Å². The monoisotopic (exact) mass is 618 g/mol. The van der Waals surface area contributed by atoms with E-state index in [1.54, 1.807) is 12.7 Å². The van der Waals surface area contributed by atoms with E-state index in [1.165, 1.54) is 64.2 Å². The summed E-state index contributed by atoms with van der Waals surface area (Å²) in [6.07, 6.45) is 15.7. The molecular weight excluding hydrogens is 580 g/mol. The largest absolute Gasteiger partial charge is 0.424 e. The second-order valence-corrected chi connectivity index (χ2v) is 11.7. The lowest BCUT2D eigenvalue weighted by Gasteiger charge is -2.23. The number of nitrogens with one attached hydrogen (secondary N) is 4. The molecule has 4 N–H and O–H groups in total. The summed E-state index contributed by atoms with van der Waals surface area (Å²) < 4.78 is 11.5. The topological polar surface area (TPSA) is 151 Å². The Bertz CT molecular complexity index is 1700. The highest BCUT2D eigenvalue weighted by molar-refractivity contribution is 5.83. The van der Waals surface area contributed by atoms with Gasteiger partial charge in [0.15, 0.2) is 22.9 Å². The smallest absolute Gasteiger partial charge is 0.326 e. The van der Waals surface area contributed by atoms with Crippen LogP contribution in [0.4, 0.5) is 11.6 Å². The SMILES string of the molecule is c1ccc(Oc2nc(NC3CCCCC3)c3[nH]cnc3n2)cc1.c1ccc(Oc2nc(NC3CCCCC3)c3[nH]cnc3n2)cc1. The molecule has 0 unspecified atom stereocenters. The minimum Gasteiger partial charge on any atom is -0.424 e. The Labute approximate surface area is 266 Å². The number of para-hydroxylation sites is 2. The van der Waals surface area contributed by atoms with E-state index in [0.717, 1.165) is 22.7 Å². The fraction of sp³-hybridized carbons (Fsp3) is 0.353. The van der Waals surface area contributed by atoms with Gasteiger partial charge < -0.3 is 30.1 Å². The zero-order valence-electron chi connectivity index (χ0n) is 25.7. The molecule has 2 aromatic carbocycles. The van der Waals surface area contributed by atoms with E-state index in [-0.39, 0.29) is 0 Å². The Morgan fingerprint density at radius 2 is 0.935 bits per heavy atom. The van der Waals surface area contributed by atoms with Gasteiger partial charge in [-0.05, 0) is 49.9 Å². The number of H-pyrrole nitrogens is 2. The maximum absolute atomic E-state index is 5.77. The first-order valence-corrected chi connectivity index (χ1v) is 16.2. The van der Waals surface area contributed by atoms with Gasteiger partial charge in [0.25, 0.3) is 0 Å². The van der Waals surface area contributed by atoms with Crippen molar-refractivity contribution in [1.29, 1.82) is 0 Å². The van der Waals surface area contributed by atoms with Crippen LogP contribution >= 0.6 is 0 Å². The van der Waals surface area contributed by atoms with Crippen LogP contribution in [-0.4, -0.2) is 52.0 Å². The number of benzene rings is 2. The van der Waals surface area contributed by atoms with Gasteiger partial charge in [-0.3, -0.25) is 0 Å². The highest BCUT2D eigenvalue weighted by atomic mass is 16.5. The molecule has 0 amide bonds. The summed E-state index contributed by atoms with van der Waals surface area (Å²) in [5.74, 6) is 2.97. The first-order chi connectivity index (χ1) is 22.8. The molecule has 0 bridgehead atoms. The number of ether oxygens (including phenoxy) is 2. The molecule has 8 rings (SSSR count). The summed E-state index contributed by atoms with van der Waals surface area (Å²) in [5.41, 5.74) is 2.89. The predicted octanol–water partition coefficient (Wildman–Crippen LogP) is 7.78. The number of aromatic nitrogens is 8. The first-order valence-electron chi connectivity index (χ1n) is 16.2. The van der Waals surface area contributed by atoms with Crippen LogP contribution in [-0.2, 0) is 0 Å². The van der Waals surface area contributed by atoms with Crippen LogP contribution in [0, 0.1) is 0 Å². The Kier molecular flexibility index (Phi) is 9.11. The quantitative estimate of drug-likeness (QED) is 0.133. The molecule has 2 aliphatic rings. The first kappa shape index (κ1) is 29.5. The van der Waals surface area contributed by atoms with Crippen molar-refractivity contribution >= 4 is 34.0 Å². The van der Waals surface area contributed by atoms with E-state index < -0.39 is 0 Å². The van der Waals surface area contributed by atoms with Gasteiger partial charge >= 0.3 is 12.0 Å². The van der Waals surface area contributed by atoms with Gasteiger partial charge in [-0.1, -0.05) is 74.9 Å². The number of hydrogen-bond donors (Lipinski definition) is 4. The van der Waals surface area contributed by atoms with Gasteiger partial charge in [-0.15, -0.1) is 0 Å². The molecule has 4 heterocycles. The third-order valence-corrected chi connectivity index (χ3v) is 8.33. The molecular formula is C34H38N10O2. The van der Waals surface area contributed by atoms with E-state index in [4.69, 9.17) is 9.47 Å². The van der Waals surface area contributed by atoms with E-state index in [2.05, 4.69) is 50.5 Å². The molecule has 0 radical (unpaired) electrons. The second-order valence-electron chi connectivity index (χ2n) is 11.7. The lowest BCUT2D eigenvalue weighted by atomic mass is 9.95. The third-order valence-electron chi connectivity index (χ3n) is 8.33. The van der Waals surface area contributed by atoms with Crippen LogP contribution in [0.2, 0.25) is 0 Å². The summed E-state index contributed by atoms with van der Waals surface area (Å²) in [7, 11) is 0. The Balaban J connectivity index is 0.000000147. The molecule has 46 heavy (non-hydrogen) atoms. The minimum atomic E-state index is 0.314. The van der Waals surface area contributed by atoms with Crippen molar-refractivity contribution in [3.8, 4) is 23.5 Å². The standard InChI is InChI=1S/2C17H19N5O/c2*1-3-7-12(8-4-1)20-16-14-15(19-11-18-14)21-17(22-16)23-13-9-5-2-6-10-13/h2*2,5-6,9-12H,1,3-4,7-8H2,(H2,18,19,20,21,22). The molecule has 0 spiro atoms. The molecule has 2 saturated carbocycles. The Morgan fingerprint density at radius 1 is 0.522 bits per heavy atom. The maximum Gasteiger partial charge on any atom is 0.326 e. The number of rotatable bonds is 8. The van der Waals surface area contributed by atoms with Crippen LogP contribution < -0.4 is 20.1 Å². The van der Waals surface area contributed by atoms with Gasteiger partial charge in [0.1, 0.15) is 22.5 Å². The fourth-order valence-electron chi connectivity index (χ4n) is 6.00. The molecule has 0 atom stereocenters. The second kappa shape index (κ2) is 14.2. The third kappa shape index (κ3) is 7.33. The number of anilines is 2. The molecule has 0 saturated heterocycles. The van der Waals surface area contributed by atoms with E-state index >= 15 is 0 Å². The Hall–Kier alpha value is -5.26. The van der Waals surface area contributed by atoms with Crippen LogP contribution in [0.5, 0.6) is 23.5 Å². The van der Waals surface area contributed by atoms with Crippen molar-refractivity contribution in [2.45, 2.75) is 76.3 Å². The summed E-state index contributed by atoms with van der Waals surface area (Å²) in [5, 5.41) is 7.07. The predicted molar refractivity (Wildman–Crippen MR) is 177 cm³/mol. The van der Waals surface area contributed by atoms with Gasteiger partial charge in [-0.25, -0.2) is 9.97 Å². The normalized spacial score (nSPS) is 15.7. The Morgan fingerprint density at radius 3 is 1.35 bits per heavy atom. The van der Waals surface area contributed by atoms with Crippen molar-refractivity contribution < 1.29 is 9.47 Å². The molecule has 0 aliphatic heterocycles. The average molecular weight is 619 g/mol. The molecule has 6 aromatic rings. The van der Waals surface area contributed by atoms with Crippen LogP contribution in [0.1, 0.15) is 64.2 Å². The number of imidazole rings is 2. The van der Waals surface area contributed by atoms with Gasteiger partial charge in [0.2, 0.25) is 0 Å². The number of fused-ring (bicyclic) bond motifs is 2. The molecule has 4 aromatic heterocycles. The minimum absolute atomic E-state index is 0.314. The zero-order valence-corrected chi connectivity index (χ0v) is 25.7. The van der Waals surface area contributed by atoms with Crippen molar-refractivity contribution in [3.05, 3.63) is 73.3 Å². The van der Waals surface area contributed by atoms with Crippen LogP contribution in [0.15, 0.2) is 73.3 Å². The average Bonchev–Trinajstić information content (AvgIpc) is 3.78. The van der Waals surface area contributed by atoms with Crippen molar-refractivity contribution in [2.24, 2.45) is 0 Å². The lowest BCUT2D eigenvalue weighted by Crippen LogP contribution is -2.23. The number of nitrogens with zero attached hydrogens (tertiary/aromatic N) is 6. The molecule has 236 valence electrons. The molecule has 12 nitrogen and oxygen atoms in total. The molecule has 2 aliphatic carbocycles. The summed E-state index contributed by atoms with van der Waals surface area (Å²) in [6.45, 7) is 0. The highest BCUT2D eigenvalue weighted by Crippen LogP contribution is 2.28. The summed E-state index contributed by atoms with van der Waals surface area (Å²) in [6, 6.07) is 20.6. The summed E-state index contributed by atoms with van der Waals surface area (Å²) >= 11 is 0. The molecule has 12 heteroatoms. The van der Waals surface area contributed by atoms with Crippen molar-refractivity contribution in [1.82, 2.24) is 39.9 Å². The van der Waals surface area contributed by atoms with Crippen LogP contribution in [0.3, 0.4) is 0 Å². The van der Waals surface area contributed by atoms with Gasteiger partial charge in [0, 0.05) is 12.1 Å². The van der Waals surface area contributed by atoms with Crippen molar-refractivity contribution in [2.75, 3.05) is 10.6 Å². The summed E-state index contributed by atoms with van der Waals surface area (Å²) in [4.78, 5) is 32.6. The van der Waals surface area contributed by atoms with Crippen molar-refractivity contribution in [3.63, 3.8) is 0 Å². The number of aromatic amines is 2. The lowest BCUT2D eigenvalue weighted by molar-refractivity contribution is 0.441.